The van der Waals surface area contributed by atoms with E-state index in [-0.39, 0.29) is 18.5 Å². The molecule has 0 radical (unpaired) electrons. The first kappa shape index (κ1) is 16.7. The molecule has 6 nitrogen and oxygen atoms in total. The number of rotatable bonds is 4. The van der Waals surface area contributed by atoms with Gasteiger partial charge in [0.25, 0.3) is 10.2 Å². The van der Waals surface area contributed by atoms with Gasteiger partial charge in [-0.1, -0.05) is 20.3 Å². The molecule has 2 heterocycles. The normalized spacial score (nSPS) is 32.7. The SMILES string of the molecule is CC1CCCCN1S(=O)(=O)N1CCC(C(=O)O)(C(C)C)C1. The van der Waals surface area contributed by atoms with Crippen LogP contribution in [-0.4, -0.2) is 53.8 Å². The summed E-state index contributed by atoms with van der Waals surface area (Å²) in [6, 6.07) is 0.00243. The summed E-state index contributed by atoms with van der Waals surface area (Å²) >= 11 is 0. The Hall–Kier alpha value is -0.660. The largest absolute Gasteiger partial charge is 0.481 e. The molecular formula is C14H26N2O4S. The number of carboxylic acid groups (broad SMARTS) is 1. The lowest BCUT2D eigenvalue weighted by Crippen LogP contribution is -2.50. The molecule has 2 rings (SSSR count). The van der Waals surface area contributed by atoms with E-state index in [0.717, 1.165) is 19.3 Å². The maximum absolute atomic E-state index is 12.8. The number of hydrogen-bond donors (Lipinski definition) is 1. The van der Waals surface area contributed by atoms with E-state index in [1.54, 1.807) is 4.31 Å². The Morgan fingerprint density at radius 2 is 1.95 bits per heavy atom. The lowest BCUT2D eigenvalue weighted by atomic mass is 9.77. The quantitative estimate of drug-likeness (QED) is 0.853. The fourth-order valence-corrected chi connectivity index (χ4v) is 5.38. The van der Waals surface area contributed by atoms with Crippen molar-refractivity contribution in [3.8, 4) is 0 Å². The van der Waals surface area contributed by atoms with Gasteiger partial charge in [-0.2, -0.15) is 17.0 Å². The summed E-state index contributed by atoms with van der Waals surface area (Å²) in [4.78, 5) is 11.6. The van der Waals surface area contributed by atoms with Crippen molar-refractivity contribution in [2.45, 2.75) is 52.5 Å². The van der Waals surface area contributed by atoms with Crippen LogP contribution in [0.3, 0.4) is 0 Å². The summed E-state index contributed by atoms with van der Waals surface area (Å²) in [6.07, 6.45) is 3.20. The van der Waals surface area contributed by atoms with Crippen LogP contribution in [0.1, 0.15) is 46.5 Å². The molecule has 122 valence electrons. The predicted octanol–water partition coefficient (Wildman–Crippen LogP) is 1.54. The second kappa shape index (κ2) is 5.85. The van der Waals surface area contributed by atoms with Gasteiger partial charge in [0.15, 0.2) is 0 Å². The molecule has 2 fully saturated rings. The number of carboxylic acids is 1. The Morgan fingerprint density at radius 1 is 1.29 bits per heavy atom. The number of hydrogen-bond acceptors (Lipinski definition) is 3. The third-order valence-corrected chi connectivity index (χ3v) is 7.26. The molecule has 0 aromatic rings. The molecule has 2 unspecified atom stereocenters. The second-order valence-electron chi connectivity index (χ2n) is 6.66. The van der Waals surface area contributed by atoms with Crippen LogP contribution in [0.15, 0.2) is 0 Å². The third-order valence-electron chi connectivity index (χ3n) is 5.16. The molecule has 0 aromatic heterocycles. The van der Waals surface area contributed by atoms with Crippen LogP contribution in [0.5, 0.6) is 0 Å². The first-order valence-electron chi connectivity index (χ1n) is 7.72. The molecule has 2 atom stereocenters. The van der Waals surface area contributed by atoms with Crippen LogP contribution in [0.25, 0.3) is 0 Å². The van der Waals surface area contributed by atoms with Gasteiger partial charge in [-0.3, -0.25) is 4.79 Å². The van der Waals surface area contributed by atoms with Gasteiger partial charge < -0.3 is 5.11 Å². The average Bonchev–Trinajstić information content (AvgIpc) is 2.86. The zero-order chi connectivity index (χ0) is 15.8. The van der Waals surface area contributed by atoms with Crippen LogP contribution >= 0.6 is 0 Å². The molecule has 0 aliphatic carbocycles. The van der Waals surface area contributed by atoms with Gasteiger partial charge in [-0.05, 0) is 32.1 Å². The second-order valence-corrected chi connectivity index (χ2v) is 8.54. The molecule has 0 spiro atoms. The minimum atomic E-state index is -3.55. The molecule has 2 aliphatic heterocycles. The zero-order valence-electron chi connectivity index (χ0n) is 13.1. The monoisotopic (exact) mass is 318 g/mol. The van der Waals surface area contributed by atoms with Gasteiger partial charge in [-0.15, -0.1) is 0 Å². The van der Waals surface area contributed by atoms with Crippen LogP contribution in [0.4, 0.5) is 0 Å². The van der Waals surface area contributed by atoms with Gasteiger partial charge in [0.1, 0.15) is 0 Å². The Morgan fingerprint density at radius 3 is 2.43 bits per heavy atom. The topological polar surface area (TPSA) is 77.9 Å². The van der Waals surface area contributed by atoms with Crippen LogP contribution in [0.2, 0.25) is 0 Å². The first-order valence-corrected chi connectivity index (χ1v) is 9.12. The third kappa shape index (κ3) is 2.83. The fraction of sp³-hybridized carbons (Fsp3) is 0.929. The van der Waals surface area contributed by atoms with Crippen molar-refractivity contribution in [3.63, 3.8) is 0 Å². The van der Waals surface area contributed by atoms with E-state index in [2.05, 4.69) is 0 Å². The van der Waals surface area contributed by atoms with Crippen molar-refractivity contribution in [1.29, 1.82) is 0 Å². The van der Waals surface area contributed by atoms with Gasteiger partial charge in [0.2, 0.25) is 0 Å². The average molecular weight is 318 g/mol. The van der Waals surface area contributed by atoms with Crippen molar-refractivity contribution < 1.29 is 18.3 Å². The molecule has 21 heavy (non-hydrogen) atoms. The van der Waals surface area contributed by atoms with E-state index in [9.17, 15) is 18.3 Å². The van der Waals surface area contributed by atoms with Crippen molar-refractivity contribution in [1.82, 2.24) is 8.61 Å². The molecule has 0 saturated carbocycles. The van der Waals surface area contributed by atoms with Crippen molar-refractivity contribution in [3.05, 3.63) is 0 Å². The summed E-state index contributed by atoms with van der Waals surface area (Å²) in [5.74, 6) is -0.976. The molecule has 0 aromatic carbocycles. The summed E-state index contributed by atoms with van der Waals surface area (Å²) < 4.78 is 28.5. The number of piperidine rings is 1. The summed E-state index contributed by atoms with van der Waals surface area (Å²) in [5, 5.41) is 9.54. The van der Waals surface area contributed by atoms with E-state index < -0.39 is 21.6 Å². The molecule has 0 bridgehead atoms. The number of carbonyl (C=O) groups is 1. The molecular weight excluding hydrogens is 292 g/mol. The van der Waals surface area contributed by atoms with Gasteiger partial charge in [0.05, 0.1) is 5.41 Å². The zero-order valence-corrected chi connectivity index (χ0v) is 13.9. The summed E-state index contributed by atoms with van der Waals surface area (Å²) in [5.41, 5.74) is -0.952. The summed E-state index contributed by atoms with van der Waals surface area (Å²) in [6.45, 7) is 6.57. The van der Waals surface area contributed by atoms with E-state index >= 15 is 0 Å². The number of aliphatic carboxylic acids is 1. The highest BCUT2D eigenvalue weighted by atomic mass is 32.2. The van der Waals surface area contributed by atoms with Crippen LogP contribution in [-0.2, 0) is 15.0 Å². The Labute approximate surface area is 127 Å². The van der Waals surface area contributed by atoms with E-state index in [1.807, 2.05) is 20.8 Å². The van der Waals surface area contributed by atoms with Crippen LogP contribution in [0, 0.1) is 11.3 Å². The predicted molar refractivity (Wildman–Crippen MR) is 80.0 cm³/mol. The van der Waals surface area contributed by atoms with E-state index in [1.165, 1.54) is 4.31 Å². The van der Waals surface area contributed by atoms with E-state index in [4.69, 9.17) is 0 Å². The van der Waals surface area contributed by atoms with Gasteiger partial charge in [0, 0.05) is 25.7 Å². The fourth-order valence-electron chi connectivity index (χ4n) is 3.45. The Balaban J connectivity index is 2.21. The minimum absolute atomic E-state index is 0.00243. The molecule has 2 aliphatic rings. The lowest BCUT2D eigenvalue weighted by Gasteiger charge is -2.36. The maximum Gasteiger partial charge on any atom is 0.311 e. The van der Waals surface area contributed by atoms with Gasteiger partial charge >= 0.3 is 5.97 Å². The standard InChI is InChI=1S/C14H26N2O4S/c1-11(2)14(13(17)18)7-9-15(10-14)21(19,20)16-8-5-4-6-12(16)3/h11-12H,4-10H2,1-3H3,(H,17,18). The molecule has 7 heteroatoms. The van der Waals surface area contributed by atoms with Gasteiger partial charge in [-0.25, -0.2) is 0 Å². The smallest absolute Gasteiger partial charge is 0.311 e. The first-order chi connectivity index (χ1) is 9.71. The van der Waals surface area contributed by atoms with Crippen molar-refractivity contribution in [2.24, 2.45) is 11.3 Å². The van der Waals surface area contributed by atoms with Crippen molar-refractivity contribution >= 4 is 16.2 Å². The molecule has 1 N–H and O–H groups in total. The van der Waals surface area contributed by atoms with E-state index in [0.29, 0.717) is 19.5 Å². The highest BCUT2D eigenvalue weighted by molar-refractivity contribution is 7.86. The lowest BCUT2D eigenvalue weighted by molar-refractivity contribution is -0.150. The molecule has 2 saturated heterocycles. The summed E-state index contributed by atoms with van der Waals surface area (Å²) in [7, 11) is -3.55. The number of nitrogens with zero attached hydrogens (tertiary/aromatic N) is 2. The van der Waals surface area contributed by atoms with Crippen LogP contribution < -0.4 is 0 Å². The highest BCUT2D eigenvalue weighted by Gasteiger charge is 2.51. The molecule has 0 amide bonds. The van der Waals surface area contributed by atoms with Crippen molar-refractivity contribution in [2.75, 3.05) is 19.6 Å². The Bertz CT molecular complexity index is 505. The minimum Gasteiger partial charge on any atom is -0.481 e. The highest BCUT2D eigenvalue weighted by Crippen LogP contribution is 2.40. The Kier molecular flexibility index (Phi) is 4.66. The maximum atomic E-state index is 12.8.